The molecule has 2 aromatic carbocycles. The molecule has 0 spiro atoms. The van der Waals surface area contributed by atoms with Gasteiger partial charge in [0.25, 0.3) is 5.91 Å². The number of rotatable bonds is 12. The normalized spacial score (nSPS) is 11.9. The van der Waals surface area contributed by atoms with E-state index in [2.05, 4.69) is 35.1 Å². The summed E-state index contributed by atoms with van der Waals surface area (Å²) in [5.74, 6) is 1.59. The Bertz CT molecular complexity index is 961. The van der Waals surface area contributed by atoms with Crippen LogP contribution in [-0.2, 0) is 16.1 Å². The number of nitrogens with one attached hydrogen (secondary N) is 1. The number of ether oxygens (including phenoxy) is 2. The second kappa shape index (κ2) is 13.4. The number of hydrogen-bond acceptors (Lipinski definition) is 4. The molecule has 0 saturated heterocycles. The molecule has 0 saturated carbocycles. The van der Waals surface area contributed by atoms with Gasteiger partial charge in [-0.1, -0.05) is 52.8 Å². The Kier molecular flexibility index (Phi) is 10.9. The number of carbonyl (C=O) groups excluding carboxylic acids is 2. The fourth-order valence-electron chi connectivity index (χ4n) is 3.53. The predicted octanol–water partition coefficient (Wildman–Crippen LogP) is 5.54. The number of carbonyl (C=O) groups is 2. The number of nitrogens with zero attached hydrogens (tertiary/aromatic N) is 1. The first-order chi connectivity index (χ1) is 16.2. The van der Waals surface area contributed by atoms with Gasteiger partial charge >= 0.3 is 0 Å². The molecule has 2 amide bonds. The Morgan fingerprint density at radius 1 is 1.09 bits per heavy atom. The van der Waals surface area contributed by atoms with Gasteiger partial charge in [-0.2, -0.15) is 0 Å². The third-order valence-corrected chi connectivity index (χ3v) is 6.15. The van der Waals surface area contributed by atoms with Gasteiger partial charge in [0.05, 0.1) is 11.6 Å². The van der Waals surface area contributed by atoms with E-state index < -0.39 is 6.04 Å². The van der Waals surface area contributed by atoms with E-state index in [-0.39, 0.29) is 25.0 Å². The van der Waals surface area contributed by atoms with E-state index in [1.165, 1.54) is 5.56 Å². The van der Waals surface area contributed by atoms with Gasteiger partial charge < -0.3 is 19.7 Å². The number of methoxy groups -OCH3 is 1. The van der Waals surface area contributed by atoms with Gasteiger partial charge in [-0.15, -0.1) is 0 Å². The Morgan fingerprint density at radius 3 is 2.41 bits per heavy atom. The van der Waals surface area contributed by atoms with Gasteiger partial charge in [0.2, 0.25) is 5.91 Å². The minimum absolute atomic E-state index is 0.157. The van der Waals surface area contributed by atoms with E-state index in [9.17, 15) is 9.59 Å². The summed E-state index contributed by atoms with van der Waals surface area (Å²) < 4.78 is 12.0. The van der Waals surface area contributed by atoms with Crippen LogP contribution in [0.1, 0.15) is 58.1 Å². The predicted molar refractivity (Wildman–Crippen MR) is 139 cm³/mol. The molecule has 0 bridgehead atoms. The summed E-state index contributed by atoms with van der Waals surface area (Å²) in [5.41, 5.74) is 2.06. The van der Waals surface area contributed by atoms with Crippen LogP contribution in [0.2, 0.25) is 0 Å². The molecule has 186 valence electrons. The Morgan fingerprint density at radius 2 is 1.82 bits per heavy atom. The highest BCUT2D eigenvalue weighted by Crippen LogP contribution is 2.29. The smallest absolute Gasteiger partial charge is 0.261 e. The fraction of sp³-hybridized carbons (Fsp3) is 0.481. The van der Waals surface area contributed by atoms with Gasteiger partial charge in [0.15, 0.2) is 6.61 Å². The zero-order valence-corrected chi connectivity index (χ0v) is 22.6. The van der Waals surface area contributed by atoms with Crippen LogP contribution < -0.4 is 14.8 Å². The van der Waals surface area contributed by atoms with E-state index in [0.29, 0.717) is 36.3 Å². The lowest BCUT2D eigenvalue weighted by atomic mass is 10.0. The van der Waals surface area contributed by atoms with E-state index >= 15 is 0 Å². The maximum atomic E-state index is 13.4. The summed E-state index contributed by atoms with van der Waals surface area (Å²) in [6.45, 7) is 10.9. The average molecular weight is 534 g/mol. The van der Waals surface area contributed by atoms with Gasteiger partial charge in [-0.3, -0.25) is 9.59 Å². The molecule has 6 nitrogen and oxygen atoms in total. The summed E-state index contributed by atoms with van der Waals surface area (Å²) in [6, 6.07) is 12.8. The molecule has 0 fully saturated rings. The minimum Gasteiger partial charge on any atom is -0.497 e. The van der Waals surface area contributed by atoms with E-state index in [1.54, 1.807) is 12.0 Å². The van der Waals surface area contributed by atoms with Crippen LogP contribution in [0, 0.1) is 5.92 Å². The molecule has 0 unspecified atom stereocenters. The van der Waals surface area contributed by atoms with Gasteiger partial charge in [0, 0.05) is 13.1 Å². The van der Waals surface area contributed by atoms with Gasteiger partial charge in [-0.05, 0) is 69.6 Å². The maximum Gasteiger partial charge on any atom is 0.261 e. The lowest BCUT2D eigenvalue weighted by Crippen LogP contribution is -2.50. The second-order valence-corrected chi connectivity index (χ2v) is 9.92. The fourth-order valence-corrected chi connectivity index (χ4v) is 4.04. The van der Waals surface area contributed by atoms with Crippen molar-refractivity contribution in [3.63, 3.8) is 0 Å². The van der Waals surface area contributed by atoms with Crippen molar-refractivity contribution in [2.75, 3.05) is 20.3 Å². The van der Waals surface area contributed by atoms with Gasteiger partial charge in [-0.25, -0.2) is 0 Å². The van der Waals surface area contributed by atoms with E-state index in [0.717, 1.165) is 10.0 Å². The van der Waals surface area contributed by atoms with Crippen molar-refractivity contribution in [1.82, 2.24) is 10.2 Å². The molecule has 7 heteroatoms. The molecule has 1 N–H and O–H groups in total. The molecule has 2 aromatic rings. The Balaban J connectivity index is 2.24. The highest BCUT2D eigenvalue weighted by Gasteiger charge is 2.29. The zero-order chi connectivity index (χ0) is 25.3. The highest BCUT2D eigenvalue weighted by molar-refractivity contribution is 9.10. The van der Waals surface area contributed by atoms with Crippen molar-refractivity contribution < 1.29 is 19.1 Å². The molecule has 0 radical (unpaired) electrons. The third-order valence-electron chi connectivity index (χ3n) is 5.53. The average Bonchev–Trinajstić information content (AvgIpc) is 2.81. The minimum atomic E-state index is -0.604. The van der Waals surface area contributed by atoms with Crippen molar-refractivity contribution in [2.24, 2.45) is 5.92 Å². The number of amides is 2. The lowest BCUT2D eigenvalue weighted by Gasteiger charge is -2.31. The van der Waals surface area contributed by atoms with Crippen molar-refractivity contribution in [2.45, 2.75) is 59.5 Å². The first-order valence-corrected chi connectivity index (χ1v) is 12.6. The van der Waals surface area contributed by atoms with Crippen molar-refractivity contribution in [1.29, 1.82) is 0 Å². The maximum absolute atomic E-state index is 13.4. The lowest BCUT2D eigenvalue weighted by molar-refractivity contribution is -0.143. The first kappa shape index (κ1) is 27.7. The molecule has 0 heterocycles. The molecule has 0 aliphatic heterocycles. The summed E-state index contributed by atoms with van der Waals surface area (Å²) in [7, 11) is 1.60. The zero-order valence-electron chi connectivity index (χ0n) is 21.1. The second-order valence-electron chi connectivity index (χ2n) is 9.07. The van der Waals surface area contributed by atoms with Crippen LogP contribution in [0.3, 0.4) is 0 Å². The summed E-state index contributed by atoms with van der Waals surface area (Å²) in [4.78, 5) is 28.0. The largest absolute Gasteiger partial charge is 0.497 e. The summed E-state index contributed by atoms with van der Waals surface area (Å²) >= 11 is 3.54. The summed E-state index contributed by atoms with van der Waals surface area (Å²) in [6.07, 6.45) is 0.492. The molecule has 0 aliphatic rings. The van der Waals surface area contributed by atoms with Gasteiger partial charge in [0.1, 0.15) is 17.5 Å². The standard InChI is InChI=1S/C27H37BrN2O4/c1-7-24(27(32)29-15-18(2)3)30(16-20-9-8-10-22(13-20)33-6)26(31)17-34-25-12-11-21(19(4)5)14-23(25)28/h8-14,18-19,24H,7,15-17H2,1-6H3,(H,29,32)/t24-/m0/s1. The number of benzene rings is 2. The van der Waals surface area contributed by atoms with Crippen LogP contribution in [0.25, 0.3) is 0 Å². The van der Waals surface area contributed by atoms with Crippen LogP contribution >= 0.6 is 15.9 Å². The van der Waals surface area contributed by atoms with Crippen LogP contribution in [0.4, 0.5) is 0 Å². The first-order valence-electron chi connectivity index (χ1n) is 11.8. The van der Waals surface area contributed by atoms with Crippen LogP contribution in [-0.4, -0.2) is 43.0 Å². The third kappa shape index (κ3) is 8.05. The SMILES string of the molecule is CC[C@@H](C(=O)NCC(C)C)N(Cc1cccc(OC)c1)C(=O)COc1ccc(C(C)C)cc1Br. The molecular weight excluding hydrogens is 496 g/mol. The highest BCUT2D eigenvalue weighted by atomic mass is 79.9. The Labute approximate surface area is 212 Å². The van der Waals surface area contributed by atoms with E-state index in [4.69, 9.17) is 9.47 Å². The molecule has 34 heavy (non-hydrogen) atoms. The molecule has 2 rings (SSSR count). The van der Waals surface area contributed by atoms with Crippen LogP contribution in [0.15, 0.2) is 46.9 Å². The molecule has 0 aromatic heterocycles. The van der Waals surface area contributed by atoms with Crippen molar-refractivity contribution in [3.8, 4) is 11.5 Å². The molecular formula is C27H37BrN2O4. The molecule has 1 atom stereocenters. The van der Waals surface area contributed by atoms with Crippen molar-refractivity contribution >= 4 is 27.7 Å². The Hall–Kier alpha value is -2.54. The number of hydrogen-bond donors (Lipinski definition) is 1. The summed E-state index contributed by atoms with van der Waals surface area (Å²) in [5, 5.41) is 2.97. The van der Waals surface area contributed by atoms with E-state index in [1.807, 2.05) is 63.2 Å². The van der Waals surface area contributed by atoms with Crippen LogP contribution in [0.5, 0.6) is 11.5 Å². The van der Waals surface area contributed by atoms with Crippen molar-refractivity contribution in [3.05, 3.63) is 58.1 Å². The monoisotopic (exact) mass is 532 g/mol. The quantitative estimate of drug-likeness (QED) is 0.389. The topological polar surface area (TPSA) is 67.9 Å². The molecule has 0 aliphatic carbocycles. The number of halogens is 1.